The second kappa shape index (κ2) is 16.1. The quantitative estimate of drug-likeness (QED) is 0.133. The molecule has 0 saturated heterocycles. The van der Waals surface area contributed by atoms with E-state index in [1.165, 1.54) is 24.3 Å². The number of nitrogens with two attached hydrogens (primary N) is 1. The number of carbonyl (C=O) groups is 5. The number of hydrogen-bond acceptors (Lipinski definition) is 8. The molecule has 0 aliphatic carbocycles. The molecule has 8 N–H and O–H groups in total. The summed E-state index contributed by atoms with van der Waals surface area (Å²) >= 11 is 1.50. The van der Waals surface area contributed by atoms with E-state index in [1.807, 2.05) is 6.26 Å². The summed E-state index contributed by atoms with van der Waals surface area (Å²) in [6.07, 6.45) is 4.31. The molecule has 0 radical (unpaired) electrons. The highest BCUT2D eigenvalue weighted by atomic mass is 32.2. The molecule has 0 fully saturated rings. The van der Waals surface area contributed by atoms with Crippen LogP contribution in [0.3, 0.4) is 0 Å². The Morgan fingerprint density at radius 3 is 2.15 bits per heavy atom. The highest BCUT2D eigenvalue weighted by Gasteiger charge is 2.31. The van der Waals surface area contributed by atoms with Crippen molar-refractivity contribution in [3.63, 3.8) is 0 Å². The van der Waals surface area contributed by atoms with Crippen LogP contribution in [0.1, 0.15) is 30.5 Å². The maximum absolute atomic E-state index is 13.2. The average molecular weight is 563 g/mol. The van der Waals surface area contributed by atoms with Gasteiger partial charge in [0, 0.05) is 31.2 Å². The second-order valence-corrected chi connectivity index (χ2v) is 9.80. The van der Waals surface area contributed by atoms with Crippen molar-refractivity contribution in [2.24, 2.45) is 5.73 Å². The average Bonchev–Trinajstić information content (AvgIpc) is 3.42. The molecule has 1 aromatic carbocycles. The predicted octanol–water partition coefficient (Wildman–Crippen LogP) is -0.321. The van der Waals surface area contributed by atoms with E-state index in [9.17, 15) is 29.1 Å². The summed E-state index contributed by atoms with van der Waals surface area (Å²) in [6.45, 7) is 0. The van der Waals surface area contributed by atoms with Crippen LogP contribution < -0.4 is 21.7 Å². The number of benzene rings is 1. The van der Waals surface area contributed by atoms with Gasteiger partial charge in [-0.3, -0.25) is 19.2 Å². The smallest absolute Gasteiger partial charge is 0.326 e. The normalized spacial score (nSPS) is 13.9. The third-order valence-electron chi connectivity index (χ3n) is 5.76. The number of nitrogens with zero attached hydrogens (tertiary/aromatic N) is 1. The summed E-state index contributed by atoms with van der Waals surface area (Å²) in [5.41, 5.74) is 7.06. The Hall–Kier alpha value is -3.91. The predicted molar refractivity (Wildman–Crippen MR) is 144 cm³/mol. The minimum atomic E-state index is -1.29. The molecule has 212 valence electrons. The van der Waals surface area contributed by atoms with Gasteiger partial charge in [-0.2, -0.15) is 11.8 Å². The first-order valence-electron chi connectivity index (χ1n) is 12.2. The summed E-state index contributed by atoms with van der Waals surface area (Å²) in [4.78, 5) is 68.7. The van der Waals surface area contributed by atoms with Gasteiger partial charge in [-0.15, -0.1) is 0 Å². The highest BCUT2D eigenvalue weighted by molar-refractivity contribution is 7.98. The lowest BCUT2D eigenvalue weighted by Crippen LogP contribution is -2.58. The minimum absolute atomic E-state index is 0.0118. The largest absolute Gasteiger partial charge is 0.481 e. The zero-order valence-electron chi connectivity index (χ0n) is 21.5. The zero-order chi connectivity index (χ0) is 28.8. The monoisotopic (exact) mass is 562 g/mol. The molecule has 0 unspecified atom stereocenters. The van der Waals surface area contributed by atoms with Crippen molar-refractivity contribution in [3.05, 3.63) is 54.1 Å². The van der Waals surface area contributed by atoms with Crippen LogP contribution in [0.2, 0.25) is 0 Å². The van der Waals surface area contributed by atoms with Crippen LogP contribution >= 0.6 is 11.8 Å². The molecule has 2 aromatic rings. The van der Waals surface area contributed by atoms with Crippen molar-refractivity contribution < 1.29 is 34.2 Å². The number of H-pyrrole nitrogens is 1. The summed E-state index contributed by atoms with van der Waals surface area (Å²) in [6, 6.07) is 4.00. The van der Waals surface area contributed by atoms with Crippen molar-refractivity contribution >= 4 is 41.4 Å². The van der Waals surface area contributed by atoms with Crippen LogP contribution in [0.4, 0.5) is 0 Å². The molecule has 0 spiro atoms. The fourth-order valence-electron chi connectivity index (χ4n) is 3.61. The molecule has 14 heteroatoms. The van der Waals surface area contributed by atoms with Crippen LogP contribution in [0.15, 0.2) is 42.9 Å². The van der Waals surface area contributed by atoms with Crippen LogP contribution in [0.25, 0.3) is 0 Å². The number of aliphatic carboxylic acids is 2. The van der Waals surface area contributed by atoms with Gasteiger partial charge in [-0.1, -0.05) is 30.3 Å². The summed E-state index contributed by atoms with van der Waals surface area (Å²) in [5.74, 6) is -4.04. The van der Waals surface area contributed by atoms with E-state index in [-0.39, 0.29) is 19.3 Å². The summed E-state index contributed by atoms with van der Waals surface area (Å²) < 4.78 is 0. The Morgan fingerprint density at radius 1 is 0.923 bits per heavy atom. The lowest BCUT2D eigenvalue weighted by atomic mass is 10.0. The number of nitrogens with one attached hydrogen (secondary N) is 4. The first-order valence-corrected chi connectivity index (χ1v) is 13.6. The van der Waals surface area contributed by atoms with Crippen LogP contribution in [-0.2, 0) is 36.8 Å². The molecule has 4 atom stereocenters. The van der Waals surface area contributed by atoms with Gasteiger partial charge in [-0.05, 0) is 30.4 Å². The molecule has 0 saturated carbocycles. The van der Waals surface area contributed by atoms with Crippen LogP contribution in [0.5, 0.6) is 0 Å². The Bertz CT molecular complexity index is 1100. The van der Waals surface area contributed by atoms with Gasteiger partial charge in [0.2, 0.25) is 17.7 Å². The second-order valence-electron chi connectivity index (χ2n) is 8.81. The standard InChI is InChI=1S/C25H34N6O7S/c1-39-10-9-17(26)22(34)29-18(7-8-21(32)33)23(35)30-19(12-16-13-27-14-28-16)24(36)31-20(25(37)38)11-15-5-3-2-4-6-15/h2-6,13-14,17-20H,7-12,26H2,1H3,(H,27,28)(H,29,34)(H,30,35)(H,31,36)(H,32,33)(H,37,38)/t17-,18-,19-,20-/m0/s1. The number of imidazole rings is 1. The van der Waals surface area contributed by atoms with Crippen molar-refractivity contribution in [2.75, 3.05) is 12.0 Å². The van der Waals surface area contributed by atoms with Gasteiger partial charge in [0.25, 0.3) is 0 Å². The Morgan fingerprint density at radius 2 is 1.56 bits per heavy atom. The van der Waals surface area contributed by atoms with Gasteiger partial charge in [0.05, 0.1) is 12.4 Å². The molecule has 1 aromatic heterocycles. The maximum atomic E-state index is 13.2. The maximum Gasteiger partial charge on any atom is 0.326 e. The number of aromatic nitrogens is 2. The summed E-state index contributed by atoms with van der Waals surface area (Å²) in [7, 11) is 0. The van der Waals surface area contributed by atoms with Crippen molar-refractivity contribution in [2.45, 2.75) is 56.3 Å². The van der Waals surface area contributed by atoms with E-state index in [4.69, 9.17) is 10.8 Å². The molecule has 0 bridgehead atoms. The number of hydrogen-bond donors (Lipinski definition) is 7. The summed E-state index contributed by atoms with van der Waals surface area (Å²) in [5, 5.41) is 26.3. The van der Waals surface area contributed by atoms with Crippen LogP contribution in [0, 0.1) is 0 Å². The van der Waals surface area contributed by atoms with Gasteiger partial charge < -0.3 is 36.9 Å². The number of thioether (sulfide) groups is 1. The zero-order valence-corrected chi connectivity index (χ0v) is 22.3. The number of rotatable bonds is 17. The number of amides is 3. The molecule has 1 heterocycles. The van der Waals surface area contributed by atoms with E-state index in [1.54, 1.807) is 30.3 Å². The van der Waals surface area contributed by atoms with E-state index in [0.29, 0.717) is 23.4 Å². The van der Waals surface area contributed by atoms with Gasteiger partial charge in [-0.25, -0.2) is 9.78 Å². The van der Waals surface area contributed by atoms with Gasteiger partial charge in [0.15, 0.2) is 0 Å². The van der Waals surface area contributed by atoms with Crippen molar-refractivity contribution in [1.82, 2.24) is 25.9 Å². The third kappa shape index (κ3) is 11.2. The molecule has 0 aliphatic heterocycles. The Labute approximate surface area is 229 Å². The molecule has 39 heavy (non-hydrogen) atoms. The molecular formula is C25H34N6O7S. The Kier molecular flexibility index (Phi) is 13.0. The van der Waals surface area contributed by atoms with E-state index in [0.717, 1.165) is 0 Å². The van der Waals surface area contributed by atoms with Crippen molar-refractivity contribution in [1.29, 1.82) is 0 Å². The molecule has 13 nitrogen and oxygen atoms in total. The number of carboxylic acid groups (broad SMARTS) is 2. The number of aromatic amines is 1. The van der Waals surface area contributed by atoms with Gasteiger partial charge >= 0.3 is 11.9 Å². The van der Waals surface area contributed by atoms with Crippen LogP contribution in [-0.4, -0.2) is 86.0 Å². The minimum Gasteiger partial charge on any atom is -0.481 e. The first kappa shape index (κ1) is 31.3. The Balaban J connectivity index is 2.20. The van der Waals surface area contributed by atoms with E-state index in [2.05, 4.69) is 25.9 Å². The van der Waals surface area contributed by atoms with Crippen molar-refractivity contribution in [3.8, 4) is 0 Å². The number of carboxylic acids is 2. The highest BCUT2D eigenvalue weighted by Crippen LogP contribution is 2.07. The SMILES string of the molecule is CSCC[C@H](N)C(=O)N[C@@H](CCC(=O)O)C(=O)N[C@@H](Cc1cnc[nH]1)C(=O)N[C@@H](Cc1ccccc1)C(=O)O. The fraction of sp³-hybridized carbons (Fsp3) is 0.440. The molecule has 0 aliphatic rings. The number of carbonyl (C=O) groups excluding carboxylic acids is 3. The van der Waals surface area contributed by atoms with Gasteiger partial charge in [0.1, 0.15) is 18.1 Å². The fourth-order valence-corrected chi connectivity index (χ4v) is 4.10. The third-order valence-corrected chi connectivity index (χ3v) is 6.40. The lowest BCUT2D eigenvalue weighted by Gasteiger charge is -2.25. The van der Waals surface area contributed by atoms with E-state index >= 15 is 0 Å². The van der Waals surface area contributed by atoms with E-state index < -0.39 is 60.2 Å². The molecule has 2 rings (SSSR count). The first-order chi connectivity index (χ1) is 18.6. The molecular weight excluding hydrogens is 528 g/mol. The topological polar surface area (TPSA) is 217 Å². The molecule has 3 amide bonds. The lowest BCUT2D eigenvalue weighted by molar-refractivity contribution is -0.142.